The van der Waals surface area contributed by atoms with Crippen LogP contribution in [0.3, 0.4) is 0 Å². The first kappa shape index (κ1) is 21.6. The molecule has 0 aliphatic carbocycles. The number of carbonyl (C=O) groups excluding carboxylic acids is 1. The minimum absolute atomic E-state index is 0.135. The topological polar surface area (TPSA) is 72.7 Å². The third kappa shape index (κ3) is 4.91. The second kappa shape index (κ2) is 9.15. The number of hydrogen-bond acceptors (Lipinski definition) is 5. The Labute approximate surface area is 184 Å². The van der Waals surface area contributed by atoms with Gasteiger partial charge in [-0.2, -0.15) is 4.68 Å². The standard InChI is InChI=1S/C20H21Cl2N5OS/c1-11-6-5-7-12(2)18(11)27-20(24-25-26-27)29-14(4)19(28)23-13(3)16-9-8-15(21)10-17(16)22/h5-10,13-14H,1-4H3,(H,23,28). The molecule has 9 heteroatoms. The van der Waals surface area contributed by atoms with Gasteiger partial charge in [0.2, 0.25) is 11.1 Å². The molecule has 6 nitrogen and oxygen atoms in total. The van der Waals surface area contributed by atoms with Crippen LogP contribution in [0.2, 0.25) is 10.0 Å². The molecule has 0 radical (unpaired) electrons. The van der Waals surface area contributed by atoms with E-state index in [0.29, 0.717) is 15.2 Å². The second-order valence-corrected chi connectivity index (χ2v) is 8.92. The Kier molecular flexibility index (Phi) is 6.82. The van der Waals surface area contributed by atoms with E-state index in [1.807, 2.05) is 52.0 Å². The molecule has 2 unspecified atom stereocenters. The lowest BCUT2D eigenvalue weighted by atomic mass is 10.1. The highest BCUT2D eigenvalue weighted by molar-refractivity contribution is 8.00. The zero-order valence-electron chi connectivity index (χ0n) is 16.5. The Hall–Kier alpha value is -2.09. The first-order chi connectivity index (χ1) is 13.8. The smallest absolute Gasteiger partial charge is 0.233 e. The number of nitrogens with zero attached hydrogens (tertiary/aromatic N) is 4. The monoisotopic (exact) mass is 449 g/mol. The molecule has 3 aromatic rings. The zero-order chi connectivity index (χ0) is 21.1. The van der Waals surface area contributed by atoms with E-state index in [0.717, 1.165) is 22.4 Å². The number of aryl methyl sites for hydroxylation is 2. The number of para-hydroxylation sites is 1. The molecule has 152 valence electrons. The summed E-state index contributed by atoms with van der Waals surface area (Å²) < 4.78 is 1.68. The fourth-order valence-electron chi connectivity index (χ4n) is 3.01. The molecular formula is C20H21Cl2N5OS. The molecular weight excluding hydrogens is 429 g/mol. The normalized spacial score (nSPS) is 13.2. The maximum Gasteiger partial charge on any atom is 0.233 e. The minimum Gasteiger partial charge on any atom is -0.349 e. The van der Waals surface area contributed by atoms with Crippen LogP contribution >= 0.6 is 35.0 Å². The van der Waals surface area contributed by atoms with E-state index in [2.05, 4.69) is 20.8 Å². The maximum absolute atomic E-state index is 12.7. The van der Waals surface area contributed by atoms with Gasteiger partial charge in [-0.1, -0.05) is 59.2 Å². The van der Waals surface area contributed by atoms with E-state index in [1.165, 1.54) is 11.8 Å². The van der Waals surface area contributed by atoms with E-state index in [9.17, 15) is 4.79 Å². The van der Waals surface area contributed by atoms with Crippen LogP contribution in [0.15, 0.2) is 41.6 Å². The summed E-state index contributed by atoms with van der Waals surface area (Å²) in [5.41, 5.74) is 3.85. The predicted molar refractivity (Wildman–Crippen MR) is 117 cm³/mol. The Balaban J connectivity index is 1.73. The molecule has 0 fully saturated rings. The lowest BCUT2D eigenvalue weighted by molar-refractivity contribution is -0.120. The number of nitrogens with one attached hydrogen (secondary N) is 1. The summed E-state index contributed by atoms with van der Waals surface area (Å²) in [6.45, 7) is 7.71. The maximum atomic E-state index is 12.7. The van der Waals surface area contributed by atoms with E-state index >= 15 is 0 Å². The predicted octanol–water partition coefficient (Wildman–Crippen LogP) is 4.94. The van der Waals surface area contributed by atoms with Crippen LogP contribution < -0.4 is 5.32 Å². The number of thioether (sulfide) groups is 1. The minimum atomic E-state index is -0.405. The number of amides is 1. The van der Waals surface area contributed by atoms with Crippen molar-refractivity contribution in [1.29, 1.82) is 0 Å². The molecule has 1 heterocycles. The highest BCUT2D eigenvalue weighted by Crippen LogP contribution is 2.28. The highest BCUT2D eigenvalue weighted by atomic mass is 35.5. The average molecular weight is 450 g/mol. The van der Waals surface area contributed by atoms with Crippen molar-refractivity contribution in [3.05, 3.63) is 63.1 Å². The van der Waals surface area contributed by atoms with Crippen molar-refractivity contribution >= 4 is 40.9 Å². The van der Waals surface area contributed by atoms with Gasteiger partial charge in [-0.3, -0.25) is 4.79 Å². The van der Waals surface area contributed by atoms with Gasteiger partial charge in [-0.15, -0.1) is 5.10 Å². The van der Waals surface area contributed by atoms with Gasteiger partial charge < -0.3 is 5.32 Å². The molecule has 0 bridgehead atoms. The van der Waals surface area contributed by atoms with Gasteiger partial charge in [0.25, 0.3) is 0 Å². The van der Waals surface area contributed by atoms with Gasteiger partial charge in [-0.05, 0) is 66.9 Å². The van der Waals surface area contributed by atoms with Crippen LogP contribution in [-0.4, -0.2) is 31.4 Å². The summed E-state index contributed by atoms with van der Waals surface area (Å²) in [6, 6.07) is 11.0. The zero-order valence-corrected chi connectivity index (χ0v) is 18.8. The summed E-state index contributed by atoms with van der Waals surface area (Å²) in [5, 5.41) is 16.2. The SMILES string of the molecule is Cc1cccc(C)c1-n1nnnc1SC(C)C(=O)NC(C)c1ccc(Cl)cc1Cl. The molecule has 0 saturated heterocycles. The van der Waals surface area contributed by atoms with E-state index in [-0.39, 0.29) is 11.9 Å². The molecule has 1 amide bonds. The van der Waals surface area contributed by atoms with Crippen LogP contribution in [0.1, 0.15) is 36.6 Å². The van der Waals surface area contributed by atoms with Gasteiger partial charge in [0.05, 0.1) is 17.0 Å². The second-order valence-electron chi connectivity index (χ2n) is 6.77. The molecule has 0 aliphatic heterocycles. The Morgan fingerprint density at radius 1 is 1.14 bits per heavy atom. The van der Waals surface area contributed by atoms with Crippen LogP contribution in [0, 0.1) is 13.8 Å². The van der Waals surface area contributed by atoms with Gasteiger partial charge in [0.1, 0.15) is 0 Å². The highest BCUT2D eigenvalue weighted by Gasteiger charge is 2.22. The van der Waals surface area contributed by atoms with Crippen molar-refractivity contribution in [2.45, 2.75) is 44.1 Å². The molecule has 29 heavy (non-hydrogen) atoms. The molecule has 0 spiro atoms. The number of aromatic nitrogens is 4. The third-order valence-corrected chi connectivity index (χ3v) is 6.13. The van der Waals surface area contributed by atoms with Crippen molar-refractivity contribution in [3.63, 3.8) is 0 Å². The van der Waals surface area contributed by atoms with Crippen LogP contribution in [0.5, 0.6) is 0 Å². The Bertz CT molecular complexity index is 1020. The number of tetrazole rings is 1. The lowest BCUT2D eigenvalue weighted by Crippen LogP contribution is -2.33. The lowest BCUT2D eigenvalue weighted by Gasteiger charge is -2.19. The first-order valence-corrected chi connectivity index (χ1v) is 10.7. The first-order valence-electron chi connectivity index (χ1n) is 9.05. The van der Waals surface area contributed by atoms with E-state index < -0.39 is 5.25 Å². The van der Waals surface area contributed by atoms with Gasteiger partial charge in [0.15, 0.2) is 0 Å². The largest absolute Gasteiger partial charge is 0.349 e. The van der Waals surface area contributed by atoms with Crippen LogP contribution in [-0.2, 0) is 4.79 Å². The molecule has 3 rings (SSSR count). The van der Waals surface area contributed by atoms with Gasteiger partial charge in [0, 0.05) is 10.0 Å². The number of carbonyl (C=O) groups is 1. The van der Waals surface area contributed by atoms with Crippen LogP contribution in [0.4, 0.5) is 0 Å². The van der Waals surface area contributed by atoms with Crippen LogP contribution in [0.25, 0.3) is 5.69 Å². The van der Waals surface area contributed by atoms with Crippen molar-refractivity contribution in [3.8, 4) is 5.69 Å². The summed E-state index contributed by atoms with van der Waals surface area (Å²) in [6.07, 6.45) is 0. The summed E-state index contributed by atoms with van der Waals surface area (Å²) in [4.78, 5) is 12.7. The van der Waals surface area contributed by atoms with Gasteiger partial charge in [-0.25, -0.2) is 0 Å². The number of halogens is 2. The Morgan fingerprint density at radius 3 is 2.48 bits per heavy atom. The Morgan fingerprint density at radius 2 is 1.83 bits per heavy atom. The summed E-state index contributed by atoms with van der Waals surface area (Å²) in [7, 11) is 0. The summed E-state index contributed by atoms with van der Waals surface area (Å²) >= 11 is 13.5. The van der Waals surface area contributed by atoms with Crippen molar-refractivity contribution in [2.24, 2.45) is 0 Å². The fraction of sp³-hybridized carbons (Fsp3) is 0.300. The van der Waals surface area contributed by atoms with Gasteiger partial charge >= 0.3 is 0 Å². The number of rotatable bonds is 6. The average Bonchev–Trinajstić information content (AvgIpc) is 3.09. The number of hydrogen-bond donors (Lipinski definition) is 1. The molecule has 1 N–H and O–H groups in total. The van der Waals surface area contributed by atoms with E-state index in [4.69, 9.17) is 23.2 Å². The summed E-state index contributed by atoms with van der Waals surface area (Å²) in [5.74, 6) is -0.135. The fourth-order valence-corrected chi connectivity index (χ4v) is 4.38. The van der Waals surface area contributed by atoms with Crippen molar-refractivity contribution < 1.29 is 4.79 Å². The molecule has 1 aromatic heterocycles. The molecule has 0 aliphatic rings. The van der Waals surface area contributed by atoms with Crippen molar-refractivity contribution in [2.75, 3.05) is 0 Å². The molecule has 2 aromatic carbocycles. The third-order valence-electron chi connectivity index (χ3n) is 4.53. The molecule has 2 atom stereocenters. The number of benzene rings is 2. The van der Waals surface area contributed by atoms with E-state index in [1.54, 1.807) is 16.8 Å². The molecule has 0 saturated carbocycles. The van der Waals surface area contributed by atoms with Crippen molar-refractivity contribution in [1.82, 2.24) is 25.5 Å². The quantitative estimate of drug-likeness (QED) is 0.539.